The number of carbonyl (C=O) groups is 1. The molecule has 0 unspecified atom stereocenters. The molecule has 1 aromatic carbocycles. The zero-order valence-electron chi connectivity index (χ0n) is 23.5. The fourth-order valence-corrected chi connectivity index (χ4v) is 7.00. The van der Waals surface area contributed by atoms with Crippen molar-refractivity contribution in [3.05, 3.63) is 82.6 Å². The Hall–Kier alpha value is -4.69. The van der Waals surface area contributed by atoms with Gasteiger partial charge in [-0.1, -0.05) is 18.3 Å². The second-order valence-corrected chi connectivity index (χ2v) is 12.1. The number of likely N-dealkylation sites (tertiary alicyclic amines) is 1. The predicted molar refractivity (Wildman–Crippen MR) is 159 cm³/mol. The molecule has 5 aromatic rings. The maximum Gasteiger partial charge on any atom is 0.289 e. The number of aromatic nitrogens is 3. The van der Waals surface area contributed by atoms with Crippen LogP contribution in [0.2, 0.25) is 0 Å². The predicted octanol–water partition coefficient (Wildman–Crippen LogP) is 5.66. The van der Waals surface area contributed by atoms with E-state index in [0.717, 1.165) is 60.9 Å². The Labute approximate surface area is 246 Å². The van der Waals surface area contributed by atoms with Crippen LogP contribution in [0.5, 0.6) is 0 Å². The van der Waals surface area contributed by atoms with Gasteiger partial charge in [-0.25, -0.2) is 13.9 Å². The first-order chi connectivity index (χ1) is 20.3. The summed E-state index contributed by atoms with van der Waals surface area (Å²) in [5, 5.41) is 15.4. The molecule has 7 rings (SSSR count). The van der Waals surface area contributed by atoms with Crippen LogP contribution in [0.4, 0.5) is 20.9 Å². The van der Waals surface area contributed by atoms with E-state index in [9.17, 15) is 14.4 Å². The van der Waals surface area contributed by atoms with E-state index in [2.05, 4.69) is 36.9 Å². The third kappa shape index (κ3) is 4.13. The molecule has 0 radical (unpaired) electrons. The van der Waals surface area contributed by atoms with Crippen LogP contribution in [0.1, 0.15) is 33.7 Å². The molecule has 6 heterocycles. The molecule has 2 aliphatic heterocycles. The lowest BCUT2D eigenvalue weighted by molar-refractivity contribution is -0.0124. The lowest BCUT2D eigenvalue weighted by Crippen LogP contribution is -2.73. The van der Waals surface area contributed by atoms with Gasteiger partial charge in [0.05, 0.1) is 23.2 Å². The third-order valence-electron chi connectivity index (χ3n) is 8.22. The smallest absolute Gasteiger partial charge is 0.289 e. The summed E-state index contributed by atoms with van der Waals surface area (Å²) in [6.45, 7) is 7.35. The molecule has 1 amide bonds. The van der Waals surface area contributed by atoms with Crippen molar-refractivity contribution in [2.24, 2.45) is 5.41 Å². The largest absolute Gasteiger partial charge is 0.459 e. The summed E-state index contributed by atoms with van der Waals surface area (Å²) in [7, 11) is 1.95. The number of hydrogen-bond donors (Lipinski definition) is 0. The fraction of sp³-hybridized carbons (Fsp3) is 0.290. The topological polar surface area (TPSA) is 93.9 Å². The van der Waals surface area contributed by atoms with Crippen LogP contribution in [0, 0.1) is 29.5 Å². The van der Waals surface area contributed by atoms with Gasteiger partial charge in [0, 0.05) is 55.6 Å². The van der Waals surface area contributed by atoms with E-state index in [4.69, 9.17) is 14.5 Å². The van der Waals surface area contributed by atoms with Crippen LogP contribution < -0.4 is 9.80 Å². The van der Waals surface area contributed by atoms with Gasteiger partial charge in [0.2, 0.25) is 0 Å². The average Bonchev–Trinajstić information content (AvgIpc) is 3.70. The van der Waals surface area contributed by atoms with Gasteiger partial charge in [-0.2, -0.15) is 10.4 Å². The van der Waals surface area contributed by atoms with E-state index in [1.807, 2.05) is 21.4 Å². The van der Waals surface area contributed by atoms with Gasteiger partial charge in [0.25, 0.3) is 5.91 Å². The molecule has 2 saturated heterocycles. The number of aryl methyl sites for hydroxylation is 2. The van der Waals surface area contributed by atoms with Gasteiger partial charge in [-0.3, -0.25) is 4.79 Å². The van der Waals surface area contributed by atoms with Gasteiger partial charge >= 0.3 is 0 Å². The fourth-order valence-electron chi connectivity index (χ4n) is 6.15. The molecule has 212 valence electrons. The van der Waals surface area contributed by atoms with E-state index in [0.29, 0.717) is 27.0 Å². The molecule has 11 heteroatoms. The molecule has 0 aliphatic carbocycles. The molecule has 1 spiro atoms. The molecule has 0 bridgehead atoms. The highest BCUT2D eigenvalue weighted by Crippen LogP contribution is 2.44. The molecule has 4 aromatic heterocycles. The Morgan fingerprint density at radius 2 is 1.95 bits per heavy atom. The highest BCUT2D eigenvalue weighted by Gasteiger charge is 2.53. The zero-order valence-corrected chi connectivity index (χ0v) is 24.3. The Morgan fingerprint density at radius 3 is 2.62 bits per heavy atom. The van der Waals surface area contributed by atoms with Crippen molar-refractivity contribution in [3.63, 3.8) is 0 Å². The summed E-state index contributed by atoms with van der Waals surface area (Å²) in [6.07, 6.45) is 2.25. The number of thiazole rings is 1. The number of nitrogens with zero attached hydrogens (tertiary/aromatic N) is 7. The first kappa shape index (κ1) is 26.2. The summed E-state index contributed by atoms with van der Waals surface area (Å²) in [4.78, 5) is 24.1. The first-order valence-corrected chi connectivity index (χ1v) is 14.6. The van der Waals surface area contributed by atoms with Gasteiger partial charge in [-0.05, 0) is 61.9 Å². The quantitative estimate of drug-likeness (QED) is 0.255. The number of furan rings is 1. The normalized spacial score (nSPS) is 15.5. The van der Waals surface area contributed by atoms with Gasteiger partial charge in [-0.15, -0.1) is 0 Å². The van der Waals surface area contributed by atoms with Crippen molar-refractivity contribution >= 4 is 39.3 Å². The SMILES string of the molecule is CCc1nn2c(C)cc(N3CC4(CN(C(=O)c5ccco5)C4)C3)cc2c1N(C)c1nc(-c2ccc(F)cc2)c(C#N)s1. The first-order valence-electron chi connectivity index (χ1n) is 13.8. The van der Waals surface area contributed by atoms with Crippen molar-refractivity contribution < 1.29 is 13.6 Å². The van der Waals surface area contributed by atoms with Crippen LogP contribution in [-0.2, 0) is 6.42 Å². The van der Waals surface area contributed by atoms with Crippen molar-refractivity contribution in [1.29, 1.82) is 5.26 Å². The van der Waals surface area contributed by atoms with Gasteiger partial charge in [0.1, 0.15) is 22.5 Å². The van der Waals surface area contributed by atoms with Crippen LogP contribution >= 0.6 is 11.3 Å². The molecule has 0 atom stereocenters. The monoisotopic (exact) mass is 581 g/mol. The van der Waals surface area contributed by atoms with E-state index in [1.54, 1.807) is 24.3 Å². The molecule has 9 nitrogen and oxygen atoms in total. The van der Waals surface area contributed by atoms with Gasteiger partial charge in [0.15, 0.2) is 10.9 Å². The third-order valence-corrected chi connectivity index (χ3v) is 9.26. The highest BCUT2D eigenvalue weighted by atomic mass is 32.1. The number of amides is 1. The lowest BCUT2D eigenvalue weighted by atomic mass is 9.72. The standard InChI is InChI=1S/C31H28FN7O2S/c1-4-23-28(36(3)30-34-27(26(14-33)42-30)20-7-9-21(32)10-8-20)24-13-22(12-19(2)39(24)35-23)37-15-31(16-37)17-38(18-31)29(40)25-6-5-11-41-25/h5-13H,4,15-18H2,1-3H3. The van der Waals surface area contributed by atoms with Crippen LogP contribution in [0.3, 0.4) is 0 Å². The number of fused-ring (bicyclic) bond motifs is 1. The van der Waals surface area contributed by atoms with Gasteiger partial charge < -0.3 is 19.1 Å². The summed E-state index contributed by atoms with van der Waals surface area (Å²) < 4.78 is 20.8. The van der Waals surface area contributed by atoms with Crippen LogP contribution in [0.25, 0.3) is 16.8 Å². The summed E-state index contributed by atoms with van der Waals surface area (Å²) >= 11 is 1.31. The lowest BCUT2D eigenvalue weighted by Gasteiger charge is -2.60. The Balaban J connectivity index is 1.17. The molecule has 42 heavy (non-hydrogen) atoms. The number of hydrogen-bond acceptors (Lipinski definition) is 8. The molecular weight excluding hydrogens is 553 g/mol. The van der Waals surface area contributed by atoms with E-state index < -0.39 is 0 Å². The van der Waals surface area contributed by atoms with Crippen molar-refractivity contribution in [2.75, 3.05) is 43.0 Å². The van der Waals surface area contributed by atoms with Crippen LogP contribution in [-0.4, -0.2) is 58.6 Å². The Morgan fingerprint density at radius 1 is 1.19 bits per heavy atom. The number of nitriles is 1. The highest BCUT2D eigenvalue weighted by molar-refractivity contribution is 7.16. The molecule has 0 N–H and O–H groups in total. The number of benzene rings is 1. The van der Waals surface area contributed by atoms with E-state index in [-0.39, 0.29) is 17.1 Å². The maximum absolute atomic E-state index is 13.5. The Bertz CT molecular complexity index is 1860. The van der Waals surface area contributed by atoms with E-state index in [1.165, 1.54) is 29.7 Å². The second-order valence-electron chi connectivity index (χ2n) is 11.1. The number of rotatable bonds is 6. The zero-order chi connectivity index (χ0) is 29.2. The summed E-state index contributed by atoms with van der Waals surface area (Å²) in [6, 6.07) is 16.1. The van der Waals surface area contributed by atoms with Crippen molar-refractivity contribution in [3.8, 4) is 17.3 Å². The number of halogens is 1. The van der Waals surface area contributed by atoms with Crippen molar-refractivity contribution in [2.45, 2.75) is 20.3 Å². The molecule has 2 aliphatic rings. The summed E-state index contributed by atoms with van der Waals surface area (Å²) in [5.74, 6) is 0.00268. The number of carbonyl (C=O) groups excluding carboxylic acids is 1. The Kier molecular flexibility index (Phi) is 6.06. The van der Waals surface area contributed by atoms with Crippen molar-refractivity contribution in [1.82, 2.24) is 19.5 Å². The molecular formula is C31H28FN7O2S. The molecule has 2 fully saturated rings. The minimum atomic E-state index is -0.333. The van der Waals surface area contributed by atoms with E-state index >= 15 is 0 Å². The minimum Gasteiger partial charge on any atom is -0.459 e. The average molecular weight is 582 g/mol. The molecule has 0 saturated carbocycles. The summed E-state index contributed by atoms with van der Waals surface area (Å²) in [5.41, 5.74) is 6.33. The number of pyridine rings is 1. The second kappa shape index (κ2) is 9.70. The van der Waals surface area contributed by atoms with Crippen LogP contribution in [0.15, 0.2) is 59.2 Å². The maximum atomic E-state index is 13.5. The number of anilines is 3. The minimum absolute atomic E-state index is 0.0512.